The number of benzene rings is 1. The molecule has 0 unspecified atom stereocenters. The van der Waals surface area contributed by atoms with Gasteiger partial charge in [0.2, 0.25) is 11.8 Å². The molecule has 3 heterocycles. The van der Waals surface area contributed by atoms with Crippen LogP contribution in [-0.4, -0.2) is 62.7 Å². The SMILES string of the molecule is CC1(C)C(=O)N(c2ccc(SC(F)(F)F)cc2)C(=O)N1Cc1ccnc(NC(=O)CCN2CCCCCC2=O)c1. The highest BCUT2D eigenvalue weighted by Crippen LogP contribution is 2.39. The van der Waals surface area contributed by atoms with Crippen molar-refractivity contribution in [3.63, 3.8) is 0 Å². The van der Waals surface area contributed by atoms with Crippen molar-refractivity contribution in [3.8, 4) is 0 Å². The molecule has 1 aromatic carbocycles. The monoisotopic (exact) mass is 577 g/mol. The summed E-state index contributed by atoms with van der Waals surface area (Å²) >= 11 is -0.280. The topological polar surface area (TPSA) is 103 Å². The number of likely N-dealkylation sites (tertiary alicyclic amines) is 1. The Balaban J connectivity index is 1.41. The molecule has 2 aliphatic rings. The van der Waals surface area contributed by atoms with Gasteiger partial charge in [-0.1, -0.05) is 6.42 Å². The van der Waals surface area contributed by atoms with Crippen molar-refractivity contribution in [3.05, 3.63) is 48.2 Å². The summed E-state index contributed by atoms with van der Waals surface area (Å²) in [4.78, 5) is 59.3. The van der Waals surface area contributed by atoms with Crippen molar-refractivity contribution < 1.29 is 32.3 Å². The largest absolute Gasteiger partial charge is 0.446 e. The van der Waals surface area contributed by atoms with Gasteiger partial charge in [-0.2, -0.15) is 13.2 Å². The maximum Gasteiger partial charge on any atom is 0.446 e. The predicted octanol–water partition coefficient (Wildman–Crippen LogP) is 5.17. The lowest BCUT2D eigenvalue weighted by molar-refractivity contribution is -0.131. The molecule has 2 saturated heterocycles. The molecule has 5 amide bonds. The summed E-state index contributed by atoms with van der Waals surface area (Å²) < 4.78 is 38.0. The zero-order valence-corrected chi connectivity index (χ0v) is 23.0. The van der Waals surface area contributed by atoms with E-state index in [1.807, 2.05) is 0 Å². The van der Waals surface area contributed by atoms with Crippen molar-refractivity contribution in [1.29, 1.82) is 0 Å². The second-order valence-corrected chi connectivity index (χ2v) is 11.3. The van der Waals surface area contributed by atoms with E-state index in [2.05, 4.69) is 10.3 Å². The number of rotatable bonds is 8. The Kier molecular flexibility index (Phi) is 8.71. The van der Waals surface area contributed by atoms with Gasteiger partial charge in [0.15, 0.2) is 0 Å². The summed E-state index contributed by atoms with van der Waals surface area (Å²) in [5, 5.41) is 2.72. The van der Waals surface area contributed by atoms with Gasteiger partial charge in [0.05, 0.1) is 5.69 Å². The minimum absolute atomic E-state index is 0.0315. The minimum Gasteiger partial charge on any atom is -0.342 e. The number of pyridine rings is 1. The van der Waals surface area contributed by atoms with Crippen LogP contribution in [0.25, 0.3) is 0 Å². The van der Waals surface area contributed by atoms with Crippen molar-refractivity contribution in [2.45, 2.75) is 68.4 Å². The standard InChI is InChI=1S/C27H30F3N5O4S/c1-26(2)24(38)35(19-7-9-20(10-8-19)40-27(28,29)30)25(39)34(26)17-18-11-13-31-21(16-18)32-22(36)12-15-33-14-5-3-4-6-23(33)37/h7-11,13,16H,3-6,12,14-15,17H2,1-2H3,(H,31,32,36). The number of aromatic nitrogens is 1. The number of hydrogen-bond donors (Lipinski definition) is 1. The first-order valence-corrected chi connectivity index (χ1v) is 13.7. The highest BCUT2D eigenvalue weighted by atomic mass is 32.2. The molecule has 214 valence electrons. The van der Waals surface area contributed by atoms with Crippen molar-refractivity contribution in [2.24, 2.45) is 0 Å². The molecule has 0 bridgehead atoms. The minimum atomic E-state index is -4.45. The number of halogens is 3. The van der Waals surface area contributed by atoms with Crippen molar-refractivity contribution in [1.82, 2.24) is 14.8 Å². The van der Waals surface area contributed by atoms with E-state index in [1.165, 1.54) is 35.4 Å². The van der Waals surface area contributed by atoms with E-state index in [-0.39, 0.29) is 52.9 Å². The number of thioether (sulfide) groups is 1. The third-order valence-corrected chi connectivity index (χ3v) is 7.60. The van der Waals surface area contributed by atoms with Gasteiger partial charge >= 0.3 is 11.5 Å². The van der Waals surface area contributed by atoms with Crippen LogP contribution in [0.15, 0.2) is 47.5 Å². The van der Waals surface area contributed by atoms with Crippen LogP contribution in [0.5, 0.6) is 0 Å². The average molecular weight is 578 g/mol. The fourth-order valence-electron chi connectivity index (χ4n) is 4.67. The Morgan fingerprint density at radius 3 is 2.50 bits per heavy atom. The fraction of sp³-hybridized carbons (Fsp3) is 0.444. The number of alkyl halides is 3. The Morgan fingerprint density at radius 1 is 1.07 bits per heavy atom. The summed E-state index contributed by atoms with van der Waals surface area (Å²) in [7, 11) is 0. The maximum atomic E-state index is 13.3. The smallest absolute Gasteiger partial charge is 0.342 e. The molecule has 40 heavy (non-hydrogen) atoms. The number of urea groups is 1. The maximum absolute atomic E-state index is 13.3. The first-order chi connectivity index (χ1) is 18.8. The summed E-state index contributed by atoms with van der Waals surface area (Å²) in [6, 6.07) is 7.69. The van der Waals surface area contributed by atoms with E-state index < -0.39 is 23.0 Å². The first kappa shape index (κ1) is 29.4. The number of amides is 5. The van der Waals surface area contributed by atoms with Gasteiger partial charge in [-0.15, -0.1) is 0 Å². The van der Waals surface area contributed by atoms with E-state index in [4.69, 9.17) is 0 Å². The van der Waals surface area contributed by atoms with Crippen LogP contribution in [-0.2, 0) is 20.9 Å². The molecule has 0 saturated carbocycles. The van der Waals surface area contributed by atoms with E-state index >= 15 is 0 Å². The second-order valence-electron chi connectivity index (χ2n) is 10.1. The summed E-state index contributed by atoms with van der Waals surface area (Å²) in [6.45, 7) is 4.19. The number of nitrogens with zero attached hydrogens (tertiary/aromatic N) is 4. The lowest BCUT2D eigenvalue weighted by Gasteiger charge is -2.27. The molecule has 1 N–H and O–H groups in total. The highest BCUT2D eigenvalue weighted by Gasteiger charge is 2.51. The first-order valence-electron chi connectivity index (χ1n) is 12.9. The molecule has 9 nitrogen and oxygen atoms in total. The fourth-order valence-corrected chi connectivity index (χ4v) is 5.21. The van der Waals surface area contributed by atoms with Gasteiger partial charge in [0.1, 0.15) is 11.4 Å². The normalized spacial score (nSPS) is 17.8. The summed E-state index contributed by atoms with van der Waals surface area (Å²) in [5.41, 5.74) is -4.90. The highest BCUT2D eigenvalue weighted by molar-refractivity contribution is 8.00. The van der Waals surface area contributed by atoms with Gasteiger partial charge in [-0.3, -0.25) is 14.4 Å². The molecule has 0 spiro atoms. The van der Waals surface area contributed by atoms with Gasteiger partial charge in [-0.05, 0) is 80.4 Å². The van der Waals surface area contributed by atoms with E-state index in [0.717, 1.165) is 24.2 Å². The van der Waals surface area contributed by atoms with Crippen LogP contribution >= 0.6 is 11.8 Å². The number of anilines is 2. The zero-order valence-electron chi connectivity index (χ0n) is 22.2. The van der Waals surface area contributed by atoms with Crippen LogP contribution in [0.4, 0.5) is 29.5 Å². The Hall–Kier alpha value is -3.61. The molecule has 4 rings (SSSR count). The van der Waals surface area contributed by atoms with Gasteiger partial charge in [0, 0.05) is 43.6 Å². The predicted molar refractivity (Wildman–Crippen MR) is 143 cm³/mol. The Bertz CT molecular complexity index is 1290. The third kappa shape index (κ3) is 6.93. The third-order valence-electron chi connectivity index (χ3n) is 6.86. The molecule has 0 aliphatic carbocycles. The molecule has 0 atom stereocenters. The molecule has 1 aromatic heterocycles. The number of hydrogen-bond acceptors (Lipinski definition) is 6. The van der Waals surface area contributed by atoms with Crippen LogP contribution in [0, 0.1) is 0 Å². The zero-order chi connectivity index (χ0) is 29.1. The van der Waals surface area contributed by atoms with Crippen LogP contribution in [0.1, 0.15) is 51.5 Å². The lowest BCUT2D eigenvalue weighted by atomic mass is 10.0. The molecule has 13 heteroatoms. The van der Waals surface area contributed by atoms with Crippen LogP contribution < -0.4 is 10.2 Å². The van der Waals surface area contributed by atoms with Crippen LogP contribution in [0.3, 0.4) is 0 Å². The Labute approximate surface area is 234 Å². The van der Waals surface area contributed by atoms with E-state index in [9.17, 15) is 32.3 Å². The molecule has 2 fully saturated rings. The lowest BCUT2D eigenvalue weighted by Crippen LogP contribution is -2.43. The van der Waals surface area contributed by atoms with Crippen LogP contribution in [0.2, 0.25) is 0 Å². The van der Waals surface area contributed by atoms with E-state index in [0.29, 0.717) is 25.1 Å². The number of imide groups is 1. The molecular weight excluding hydrogens is 547 g/mol. The molecule has 0 radical (unpaired) electrons. The molecule has 2 aliphatic heterocycles. The number of carbonyl (C=O) groups excluding carboxylic acids is 4. The second kappa shape index (κ2) is 11.9. The number of carbonyl (C=O) groups is 4. The molecule has 2 aromatic rings. The molecular formula is C27H30F3N5O4S. The van der Waals surface area contributed by atoms with Gasteiger partial charge in [0.25, 0.3) is 5.91 Å². The number of nitrogens with one attached hydrogen (secondary N) is 1. The van der Waals surface area contributed by atoms with Crippen molar-refractivity contribution >= 4 is 47.0 Å². The summed E-state index contributed by atoms with van der Waals surface area (Å²) in [5.74, 6) is -0.481. The van der Waals surface area contributed by atoms with Crippen molar-refractivity contribution in [2.75, 3.05) is 23.3 Å². The Morgan fingerprint density at radius 2 is 1.80 bits per heavy atom. The van der Waals surface area contributed by atoms with E-state index in [1.54, 1.807) is 30.9 Å². The van der Waals surface area contributed by atoms with Gasteiger partial charge in [-0.25, -0.2) is 14.7 Å². The average Bonchev–Trinajstić information content (AvgIpc) is 3.01. The quantitative estimate of drug-likeness (QED) is 0.343. The van der Waals surface area contributed by atoms with Gasteiger partial charge < -0.3 is 15.1 Å². The summed E-state index contributed by atoms with van der Waals surface area (Å²) in [6.07, 6.45) is 4.89.